The molecule has 3 saturated heterocycles. The van der Waals surface area contributed by atoms with Crippen molar-refractivity contribution in [2.45, 2.75) is 18.9 Å². The maximum atomic E-state index is 12.7. The third-order valence-corrected chi connectivity index (χ3v) is 5.38. The van der Waals surface area contributed by atoms with E-state index in [0.717, 1.165) is 49.7 Å². The number of carbonyl (C=O) groups excluding carboxylic acids is 1. The maximum absolute atomic E-state index is 12.7. The summed E-state index contributed by atoms with van der Waals surface area (Å²) in [5, 5.41) is 2.02. The predicted molar refractivity (Wildman–Crippen MR) is 82.5 cm³/mol. The van der Waals surface area contributed by atoms with E-state index in [1.54, 1.807) is 11.3 Å². The van der Waals surface area contributed by atoms with Crippen LogP contribution in [0.25, 0.3) is 10.6 Å². The number of fused-ring (bicyclic) bond motifs is 4. The molecule has 0 aliphatic carbocycles. The summed E-state index contributed by atoms with van der Waals surface area (Å²) >= 11 is 1.63. The second kappa shape index (κ2) is 5.31. The summed E-state index contributed by atoms with van der Waals surface area (Å²) < 4.78 is 5.80. The normalized spacial score (nSPS) is 25.0. The summed E-state index contributed by atoms with van der Waals surface area (Å²) in [4.78, 5) is 18.3. The van der Waals surface area contributed by atoms with Crippen LogP contribution in [0.15, 0.2) is 34.1 Å². The molecule has 110 valence electrons. The highest BCUT2D eigenvalue weighted by molar-refractivity contribution is 7.13. The summed E-state index contributed by atoms with van der Waals surface area (Å²) in [7, 11) is 0. The summed E-state index contributed by atoms with van der Waals surface area (Å²) in [6, 6.07) is 8.10. The van der Waals surface area contributed by atoms with Crippen molar-refractivity contribution in [3.63, 3.8) is 0 Å². The van der Waals surface area contributed by atoms with Crippen molar-refractivity contribution >= 4 is 17.2 Å². The molecule has 0 radical (unpaired) electrons. The molecule has 0 N–H and O–H groups in total. The van der Waals surface area contributed by atoms with Gasteiger partial charge in [-0.3, -0.25) is 4.79 Å². The van der Waals surface area contributed by atoms with Crippen LogP contribution in [0.5, 0.6) is 0 Å². The fourth-order valence-electron chi connectivity index (χ4n) is 3.30. The maximum Gasteiger partial charge on any atom is 0.289 e. The Morgan fingerprint density at radius 1 is 1.14 bits per heavy atom. The highest BCUT2D eigenvalue weighted by atomic mass is 32.1. The number of rotatable bonds is 2. The largest absolute Gasteiger partial charge is 0.450 e. The molecule has 5 rings (SSSR count). The average Bonchev–Trinajstić information content (AvgIpc) is 3.12. The van der Waals surface area contributed by atoms with Crippen LogP contribution in [0.4, 0.5) is 0 Å². The third-order valence-electron chi connectivity index (χ3n) is 4.50. The molecule has 0 atom stereocenters. The van der Waals surface area contributed by atoms with Gasteiger partial charge in [0.1, 0.15) is 5.76 Å². The topological polar surface area (TPSA) is 36.7 Å². The second-order valence-corrected chi connectivity index (χ2v) is 6.66. The molecule has 1 amide bonds. The molecule has 3 aliphatic rings. The van der Waals surface area contributed by atoms with E-state index in [4.69, 9.17) is 4.42 Å². The zero-order valence-electron chi connectivity index (χ0n) is 11.8. The Balaban J connectivity index is 1.57. The van der Waals surface area contributed by atoms with Crippen LogP contribution in [-0.2, 0) is 0 Å². The van der Waals surface area contributed by atoms with Crippen molar-refractivity contribution in [3.05, 3.63) is 35.4 Å². The van der Waals surface area contributed by atoms with Crippen LogP contribution in [0.3, 0.4) is 0 Å². The molecule has 5 heterocycles. The van der Waals surface area contributed by atoms with Gasteiger partial charge in [0.25, 0.3) is 5.91 Å². The predicted octanol–water partition coefficient (Wildman–Crippen LogP) is 2.93. The summed E-state index contributed by atoms with van der Waals surface area (Å²) in [6.45, 7) is 4.04. The molecule has 0 spiro atoms. The van der Waals surface area contributed by atoms with Crippen molar-refractivity contribution < 1.29 is 9.21 Å². The molecule has 5 heteroatoms. The number of hydrogen-bond acceptors (Lipinski definition) is 4. The van der Waals surface area contributed by atoms with Crippen molar-refractivity contribution in [3.8, 4) is 10.6 Å². The van der Waals surface area contributed by atoms with E-state index in [0.29, 0.717) is 11.8 Å². The summed E-state index contributed by atoms with van der Waals surface area (Å²) in [5.74, 6) is 1.31. The van der Waals surface area contributed by atoms with E-state index in [-0.39, 0.29) is 5.91 Å². The first-order valence-electron chi connectivity index (χ1n) is 7.48. The number of piperidine rings is 1. The zero-order chi connectivity index (χ0) is 14.2. The van der Waals surface area contributed by atoms with E-state index >= 15 is 0 Å². The van der Waals surface area contributed by atoms with Gasteiger partial charge in [-0.05, 0) is 36.4 Å². The summed E-state index contributed by atoms with van der Waals surface area (Å²) in [6.07, 6.45) is 2.18. The number of furan rings is 1. The SMILES string of the molecule is O=C(c1ccc(-c2cccs2)o1)N1CCN2CCC1CC2. The minimum absolute atomic E-state index is 0.0477. The zero-order valence-corrected chi connectivity index (χ0v) is 12.6. The number of thiophene rings is 1. The number of carbonyl (C=O) groups is 1. The lowest BCUT2D eigenvalue weighted by Crippen LogP contribution is -2.41. The molecule has 4 nitrogen and oxygen atoms in total. The van der Waals surface area contributed by atoms with Crippen LogP contribution in [0.1, 0.15) is 23.4 Å². The number of nitrogens with zero attached hydrogens (tertiary/aromatic N) is 2. The minimum Gasteiger partial charge on any atom is -0.450 e. The van der Waals surface area contributed by atoms with Crippen LogP contribution < -0.4 is 0 Å². The fraction of sp³-hybridized carbons (Fsp3) is 0.438. The van der Waals surface area contributed by atoms with Crippen molar-refractivity contribution in [2.75, 3.05) is 26.2 Å². The van der Waals surface area contributed by atoms with E-state index in [9.17, 15) is 4.79 Å². The Bertz CT molecular complexity index is 627. The molecule has 2 aromatic heterocycles. The van der Waals surface area contributed by atoms with E-state index < -0.39 is 0 Å². The van der Waals surface area contributed by atoms with Gasteiger partial charge in [-0.2, -0.15) is 0 Å². The Hall–Kier alpha value is -1.59. The van der Waals surface area contributed by atoms with Crippen LogP contribution >= 0.6 is 11.3 Å². The molecular weight excluding hydrogens is 284 g/mol. The molecule has 2 aromatic rings. The standard InChI is InChI=1S/C16H18N2O2S/c19-16(18-10-9-17-7-5-12(18)6-8-17)14-4-3-13(20-14)15-2-1-11-21-15/h1-4,11-12H,5-10H2. The highest BCUT2D eigenvalue weighted by Gasteiger charge is 2.33. The molecule has 2 bridgehead atoms. The minimum atomic E-state index is 0.0477. The number of amides is 1. The van der Waals surface area contributed by atoms with Crippen LogP contribution in [0.2, 0.25) is 0 Å². The Morgan fingerprint density at radius 2 is 2.00 bits per heavy atom. The fourth-order valence-corrected chi connectivity index (χ4v) is 3.99. The van der Waals surface area contributed by atoms with E-state index in [2.05, 4.69) is 4.90 Å². The second-order valence-electron chi connectivity index (χ2n) is 5.71. The van der Waals surface area contributed by atoms with Crippen LogP contribution in [0, 0.1) is 0 Å². The first-order valence-corrected chi connectivity index (χ1v) is 8.36. The first-order chi connectivity index (χ1) is 10.3. The van der Waals surface area contributed by atoms with Crippen molar-refractivity contribution in [1.29, 1.82) is 0 Å². The quantitative estimate of drug-likeness (QED) is 0.856. The number of hydrogen-bond donors (Lipinski definition) is 0. The van der Waals surface area contributed by atoms with Gasteiger partial charge in [0.2, 0.25) is 0 Å². The van der Waals surface area contributed by atoms with Crippen molar-refractivity contribution in [1.82, 2.24) is 9.80 Å². The molecular formula is C16H18N2O2S. The lowest BCUT2D eigenvalue weighted by molar-refractivity contribution is 0.0653. The lowest BCUT2D eigenvalue weighted by atomic mass is 10.1. The van der Waals surface area contributed by atoms with Gasteiger partial charge in [-0.15, -0.1) is 11.3 Å². The Labute approximate surface area is 128 Å². The molecule has 21 heavy (non-hydrogen) atoms. The van der Waals surface area contributed by atoms with Gasteiger partial charge in [0, 0.05) is 32.2 Å². The monoisotopic (exact) mass is 302 g/mol. The van der Waals surface area contributed by atoms with Gasteiger partial charge in [0.05, 0.1) is 4.88 Å². The Kier molecular flexibility index (Phi) is 3.31. The summed E-state index contributed by atoms with van der Waals surface area (Å²) in [5.41, 5.74) is 0. The highest BCUT2D eigenvalue weighted by Crippen LogP contribution is 2.28. The van der Waals surface area contributed by atoms with Gasteiger partial charge in [0.15, 0.2) is 5.76 Å². The molecule has 3 aliphatic heterocycles. The smallest absolute Gasteiger partial charge is 0.289 e. The van der Waals surface area contributed by atoms with Crippen LogP contribution in [-0.4, -0.2) is 47.9 Å². The van der Waals surface area contributed by atoms with Gasteiger partial charge in [-0.25, -0.2) is 0 Å². The van der Waals surface area contributed by atoms with Crippen molar-refractivity contribution in [2.24, 2.45) is 0 Å². The lowest BCUT2D eigenvalue weighted by Gasteiger charge is -2.30. The first kappa shape index (κ1) is 13.1. The Morgan fingerprint density at radius 3 is 2.76 bits per heavy atom. The molecule has 3 fully saturated rings. The molecule has 0 unspecified atom stereocenters. The van der Waals surface area contributed by atoms with E-state index in [1.807, 2.05) is 34.5 Å². The van der Waals surface area contributed by atoms with Gasteiger partial charge in [-0.1, -0.05) is 6.07 Å². The molecule has 0 aromatic carbocycles. The van der Waals surface area contributed by atoms with Gasteiger partial charge < -0.3 is 14.2 Å². The molecule has 0 saturated carbocycles. The third kappa shape index (κ3) is 2.40. The van der Waals surface area contributed by atoms with E-state index in [1.165, 1.54) is 0 Å². The average molecular weight is 302 g/mol. The van der Waals surface area contributed by atoms with Gasteiger partial charge >= 0.3 is 0 Å².